The number of para-hydroxylation sites is 1. The summed E-state index contributed by atoms with van der Waals surface area (Å²) in [5, 5.41) is 4.18. The molecule has 2 aromatic heterocycles. The molecule has 3 aromatic rings. The standard InChI is InChI=1S/C9H7N3S/c1-6-3-2-4-7-8(6)12-9(13-7)10-5-11-12/h2-5H,1H3. The number of hydrogen-bond acceptors (Lipinski definition) is 3. The summed E-state index contributed by atoms with van der Waals surface area (Å²) in [5.41, 5.74) is 2.43. The van der Waals surface area contributed by atoms with Crippen LogP contribution in [0.5, 0.6) is 0 Å². The first-order chi connectivity index (χ1) is 6.36. The van der Waals surface area contributed by atoms with Gasteiger partial charge in [-0.25, -0.2) is 9.50 Å². The molecule has 4 heteroatoms. The molecule has 13 heavy (non-hydrogen) atoms. The van der Waals surface area contributed by atoms with E-state index in [0.29, 0.717) is 0 Å². The second-order valence-corrected chi connectivity index (χ2v) is 3.99. The van der Waals surface area contributed by atoms with Crippen molar-refractivity contribution in [1.29, 1.82) is 0 Å². The van der Waals surface area contributed by atoms with Gasteiger partial charge < -0.3 is 0 Å². The number of thiazole rings is 1. The minimum atomic E-state index is 0.962. The Balaban J connectivity index is 2.68. The molecular weight excluding hydrogens is 182 g/mol. The number of fused-ring (bicyclic) bond motifs is 3. The summed E-state index contributed by atoms with van der Waals surface area (Å²) in [7, 11) is 0. The van der Waals surface area contributed by atoms with Crippen LogP contribution in [0, 0.1) is 6.92 Å². The van der Waals surface area contributed by atoms with Crippen molar-refractivity contribution in [2.75, 3.05) is 0 Å². The summed E-state index contributed by atoms with van der Waals surface area (Å²) in [6.45, 7) is 2.09. The molecule has 64 valence electrons. The summed E-state index contributed by atoms with van der Waals surface area (Å²) in [6.07, 6.45) is 1.59. The van der Waals surface area contributed by atoms with Crippen molar-refractivity contribution < 1.29 is 0 Å². The molecule has 0 bridgehead atoms. The fourth-order valence-corrected chi connectivity index (χ4v) is 2.55. The SMILES string of the molecule is Cc1cccc2sc3ncnn3c12. The molecule has 3 rings (SSSR count). The largest absolute Gasteiger partial charge is 0.213 e. The highest BCUT2D eigenvalue weighted by atomic mass is 32.1. The molecule has 1 aromatic carbocycles. The maximum Gasteiger partial charge on any atom is 0.213 e. The van der Waals surface area contributed by atoms with Crippen LogP contribution in [0.25, 0.3) is 15.2 Å². The minimum absolute atomic E-state index is 0.962. The molecule has 0 spiro atoms. The van der Waals surface area contributed by atoms with Gasteiger partial charge in [0.2, 0.25) is 4.96 Å². The van der Waals surface area contributed by atoms with Gasteiger partial charge in [0.15, 0.2) is 0 Å². The van der Waals surface area contributed by atoms with Gasteiger partial charge in [-0.1, -0.05) is 23.5 Å². The average molecular weight is 189 g/mol. The molecule has 0 fully saturated rings. The van der Waals surface area contributed by atoms with Crippen molar-refractivity contribution in [2.24, 2.45) is 0 Å². The van der Waals surface area contributed by atoms with Crippen LogP contribution in [0.2, 0.25) is 0 Å². The number of benzene rings is 1. The van der Waals surface area contributed by atoms with Gasteiger partial charge in [-0.05, 0) is 18.6 Å². The van der Waals surface area contributed by atoms with E-state index in [9.17, 15) is 0 Å². The Hall–Kier alpha value is -1.42. The first kappa shape index (κ1) is 7.03. The molecule has 0 radical (unpaired) electrons. The van der Waals surface area contributed by atoms with Crippen LogP contribution < -0.4 is 0 Å². The third-order valence-corrected chi connectivity index (χ3v) is 3.14. The van der Waals surface area contributed by atoms with E-state index in [1.54, 1.807) is 17.7 Å². The van der Waals surface area contributed by atoms with E-state index in [2.05, 4.69) is 35.2 Å². The average Bonchev–Trinajstić information content (AvgIpc) is 2.62. The maximum absolute atomic E-state index is 4.18. The molecular formula is C9H7N3S. The Bertz CT molecular complexity index is 579. The van der Waals surface area contributed by atoms with E-state index in [-0.39, 0.29) is 0 Å². The smallest absolute Gasteiger partial charge is 0.206 e. The Morgan fingerprint density at radius 2 is 2.31 bits per heavy atom. The van der Waals surface area contributed by atoms with Gasteiger partial charge in [0.1, 0.15) is 6.33 Å². The van der Waals surface area contributed by atoms with Crippen molar-refractivity contribution in [1.82, 2.24) is 14.6 Å². The van der Waals surface area contributed by atoms with E-state index in [4.69, 9.17) is 0 Å². The van der Waals surface area contributed by atoms with Crippen LogP contribution in [0.4, 0.5) is 0 Å². The van der Waals surface area contributed by atoms with Crippen LogP contribution in [0.15, 0.2) is 24.5 Å². The highest BCUT2D eigenvalue weighted by Gasteiger charge is 2.07. The van der Waals surface area contributed by atoms with Crippen molar-refractivity contribution in [2.45, 2.75) is 6.92 Å². The van der Waals surface area contributed by atoms with Crippen LogP contribution in [-0.4, -0.2) is 14.6 Å². The van der Waals surface area contributed by atoms with Gasteiger partial charge in [-0.3, -0.25) is 0 Å². The molecule has 0 N–H and O–H groups in total. The highest BCUT2D eigenvalue weighted by molar-refractivity contribution is 7.23. The molecule has 0 saturated heterocycles. The Labute approximate surface area is 78.6 Å². The predicted octanol–water partition coefficient (Wildman–Crippen LogP) is 2.25. The van der Waals surface area contributed by atoms with Gasteiger partial charge in [0, 0.05) is 0 Å². The monoisotopic (exact) mass is 189 g/mol. The Morgan fingerprint density at radius 1 is 1.38 bits per heavy atom. The van der Waals surface area contributed by atoms with Crippen molar-refractivity contribution in [3.63, 3.8) is 0 Å². The van der Waals surface area contributed by atoms with Gasteiger partial charge >= 0.3 is 0 Å². The van der Waals surface area contributed by atoms with Gasteiger partial charge in [0.05, 0.1) is 10.2 Å². The van der Waals surface area contributed by atoms with Crippen molar-refractivity contribution >= 4 is 26.5 Å². The van der Waals surface area contributed by atoms with E-state index in [1.165, 1.54) is 15.8 Å². The van der Waals surface area contributed by atoms with Crippen LogP contribution in [-0.2, 0) is 0 Å². The van der Waals surface area contributed by atoms with Crippen LogP contribution in [0.1, 0.15) is 5.56 Å². The van der Waals surface area contributed by atoms with E-state index >= 15 is 0 Å². The zero-order valence-corrected chi connectivity index (χ0v) is 7.88. The molecule has 2 heterocycles. The second-order valence-electron chi connectivity index (χ2n) is 2.98. The summed E-state index contributed by atoms with van der Waals surface area (Å²) >= 11 is 1.67. The molecule has 0 aliphatic heterocycles. The quantitative estimate of drug-likeness (QED) is 0.543. The van der Waals surface area contributed by atoms with Gasteiger partial charge in [0.25, 0.3) is 0 Å². The van der Waals surface area contributed by atoms with Crippen molar-refractivity contribution in [3.8, 4) is 0 Å². The maximum atomic E-state index is 4.18. The lowest BCUT2D eigenvalue weighted by atomic mass is 10.2. The summed E-state index contributed by atoms with van der Waals surface area (Å²) < 4.78 is 3.14. The molecule has 0 aliphatic carbocycles. The number of aryl methyl sites for hydroxylation is 1. The molecule has 0 aliphatic rings. The van der Waals surface area contributed by atoms with Crippen LogP contribution >= 0.6 is 11.3 Å². The van der Waals surface area contributed by atoms with Gasteiger partial charge in [-0.15, -0.1) is 0 Å². The number of nitrogens with zero attached hydrogens (tertiary/aromatic N) is 3. The topological polar surface area (TPSA) is 30.2 Å². The van der Waals surface area contributed by atoms with Crippen LogP contribution in [0.3, 0.4) is 0 Å². The molecule has 0 amide bonds. The highest BCUT2D eigenvalue weighted by Crippen LogP contribution is 2.26. The second kappa shape index (κ2) is 2.29. The fourth-order valence-electron chi connectivity index (χ4n) is 1.54. The number of rotatable bonds is 0. The van der Waals surface area contributed by atoms with E-state index in [0.717, 1.165) is 4.96 Å². The zero-order valence-electron chi connectivity index (χ0n) is 7.06. The third kappa shape index (κ3) is 0.833. The van der Waals surface area contributed by atoms with E-state index in [1.807, 2.05) is 4.52 Å². The summed E-state index contributed by atoms with van der Waals surface area (Å²) in [6, 6.07) is 6.26. The first-order valence-electron chi connectivity index (χ1n) is 4.04. The molecule has 3 nitrogen and oxygen atoms in total. The zero-order chi connectivity index (χ0) is 8.84. The molecule has 0 atom stereocenters. The lowest BCUT2D eigenvalue weighted by Crippen LogP contribution is -1.84. The Morgan fingerprint density at radius 3 is 3.23 bits per heavy atom. The Kier molecular flexibility index (Phi) is 1.24. The lowest BCUT2D eigenvalue weighted by Gasteiger charge is -1.93. The first-order valence-corrected chi connectivity index (χ1v) is 4.86. The minimum Gasteiger partial charge on any atom is -0.206 e. The summed E-state index contributed by atoms with van der Waals surface area (Å²) in [4.78, 5) is 5.13. The lowest BCUT2D eigenvalue weighted by molar-refractivity contribution is 1.01. The normalized spacial score (nSPS) is 11.5. The molecule has 0 unspecified atom stereocenters. The molecule has 0 saturated carbocycles. The predicted molar refractivity (Wildman–Crippen MR) is 53.1 cm³/mol. The number of aromatic nitrogens is 3. The summed E-state index contributed by atoms with van der Waals surface area (Å²) in [5.74, 6) is 0. The van der Waals surface area contributed by atoms with Crippen molar-refractivity contribution in [3.05, 3.63) is 30.1 Å². The fraction of sp³-hybridized carbons (Fsp3) is 0.111. The number of hydrogen-bond donors (Lipinski definition) is 0. The van der Waals surface area contributed by atoms with Gasteiger partial charge in [-0.2, -0.15) is 5.10 Å². The van der Waals surface area contributed by atoms with E-state index < -0.39 is 0 Å². The third-order valence-electron chi connectivity index (χ3n) is 2.13.